The summed E-state index contributed by atoms with van der Waals surface area (Å²) in [6.45, 7) is 5.33. The molecule has 1 rings (SSSR count). The van der Waals surface area contributed by atoms with Crippen molar-refractivity contribution in [3.05, 3.63) is 36.3 Å². The van der Waals surface area contributed by atoms with E-state index in [9.17, 15) is 8.78 Å². The predicted octanol–water partition coefficient (Wildman–Crippen LogP) is 2.55. The van der Waals surface area contributed by atoms with Gasteiger partial charge in [-0.25, -0.2) is 4.39 Å². The van der Waals surface area contributed by atoms with Crippen LogP contribution >= 0.6 is 0 Å². The highest BCUT2D eigenvalue weighted by atomic mass is 19.2. The van der Waals surface area contributed by atoms with Crippen molar-refractivity contribution in [2.24, 2.45) is 0 Å². The molecule has 0 aliphatic rings. The molecule has 1 aromatic rings. The topological polar surface area (TPSA) is 9.23 Å². The molecule has 0 saturated carbocycles. The van der Waals surface area contributed by atoms with Crippen LogP contribution < -0.4 is 4.74 Å². The van der Waals surface area contributed by atoms with E-state index < -0.39 is 11.6 Å². The van der Waals surface area contributed by atoms with Crippen LogP contribution in [-0.4, -0.2) is 6.61 Å². The zero-order chi connectivity index (χ0) is 9.14. The zero-order valence-electron chi connectivity index (χ0n) is 6.73. The third-order valence-corrected chi connectivity index (χ3v) is 1.43. The Kier molecular flexibility index (Phi) is 2.63. The van der Waals surface area contributed by atoms with Crippen LogP contribution in [0.2, 0.25) is 0 Å². The molecule has 1 aromatic carbocycles. The van der Waals surface area contributed by atoms with E-state index in [0.717, 1.165) is 0 Å². The molecule has 0 unspecified atom stereocenters. The summed E-state index contributed by atoms with van der Waals surface area (Å²) in [7, 11) is 0. The zero-order valence-corrected chi connectivity index (χ0v) is 6.73. The first-order valence-corrected chi connectivity index (χ1v) is 3.59. The molecule has 3 heteroatoms. The molecule has 0 saturated heterocycles. The van der Waals surface area contributed by atoms with E-state index in [1.807, 2.05) is 0 Å². The standard InChI is InChI=1S/C9H9F2O/c1-3-12-7-5-4-6(2)8(10)9(7)11/h4-5H,2-3H2,1H3. The molecule has 0 N–H and O–H groups in total. The Labute approximate surface area is 70.0 Å². The van der Waals surface area contributed by atoms with Crippen LogP contribution in [0.3, 0.4) is 0 Å². The van der Waals surface area contributed by atoms with Crippen LogP contribution in [0.25, 0.3) is 0 Å². The molecule has 1 nitrogen and oxygen atoms in total. The van der Waals surface area contributed by atoms with Crippen molar-refractivity contribution in [1.82, 2.24) is 0 Å². The van der Waals surface area contributed by atoms with Gasteiger partial charge in [-0.3, -0.25) is 0 Å². The van der Waals surface area contributed by atoms with Crippen molar-refractivity contribution < 1.29 is 13.5 Å². The van der Waals surface area contributed by atoms with Crippen LogP contribution in [0, 0.1) is 18.6 Å². The first kappa shape index (κ1) is 8.97. The van der Waals surface area contributed by atoms with Crippen molar-refractivity contribution >= 4 is 0 Å². The fourth-order valence-electron chi connectivity index (χ4n) is 0.839. The van der Waals surface area contributed by atoms with E-state index in [1.165, 1.54) is 12.1 Å². The lowest BCUT2D eigenvalue weighted by Gasteiger charge is -2.05. The average Bonchev–Trinajstić information content (AvgIpc) is 2.07. The summed E-state index contributed by atoms with van der Waals surface area (Å²) in [5.74, 6) is -1.98. The molecule has 65 valence electrons. The molecule has 1 radical (unpaired) electrons. The van der Waals surface area contributed by atoms with E-state index in [4.69, 9.17) is 4.74 Å². The molecule has 0 bridgehead atoms. The molecule has 12 heavy (non-hydrogen) atoms. The number of benzene rings is 1. The Bertz CT molecular complexity index is 284. The molecule has 0 aromatic heterocycles. The van der Waals surface area contributed by atoms with Gasteiger partial charge in [0.25, 0.3) is 0 Å². The van der Waals surface area contributed by atoms with Crippen LogP contribution in [0.15, 0.2) is 12.1 Å². The summed E-state index contributed by atoms with van der Waals surface area (Å²) in [5.41, 5.74) is 0.0379. The third-order valence-electron chi connectivity index (χ3n) is 1.43. The Morgan fingerprint density at radius 1 is 1.33 bits per heavy atom. The molecule has 0 aliphatic heterocycles. The maximum absolute atomic E-state index is 12.9. The molecule has 0 fully saturated rings. The van der Waals surface area contributed by atoms with Crippen LogP contribution in [0.4, 0.5) is 8.78 Å². The van der Waals surface area contributed by atoms with Crippen molar-refractivity contribution in [2.75, 3.05) is 6.61 Å². The number of halogens is 2. The Hall–Kier alpha value is -1.12. The first-order valence-electron chi connectivity index (χ1n) is 3.59. The fraction of sp³-hybridized carbons (Fsp3) is 0.222. The monoisotopic (exact) mass is 171 g/mol. The van der Waals surface area contributed by atoms with Gasteiger partial charge >= 0.3 is 0 Å². The normalized spacial score (nSPS) is 10.0. The van der Waals surface area contributed by atoms with Gasteiger partial charge in [0, 0.05) is 0 Å². The second-order valence-corrected chi connectivity index (χ2v) is 2.28. The summed E-state index contributed by atoms with van der Waals surface area (Å²) in [6, 6.07) is 2.74. The largest absolute Gasteiger partial charge is 0.491 e. The molecular weight excluding hydrogens is 162 g/mol. The van der Waals surface area contributed by atoms with Crippen molar-refractivity contribution in [3.63, 3.8) is 0 Å². The van der Waals surface area contributed by atoms with Gasteiger partial charge in [0.05, 0.1) is 6.61 Å². The highest BCUT2D eigenvalue weighted by Gasteiger charge is 2.10. The van der Waals surface area contributed by atoms with E-state index >= 15 is 0 Å². The molecule has 0 atom stereocenters. The number of hydrogen-bond acceptors (Lipinski definition) is 1. The fourth-order valence-corrected chi connectivity index (χ4v) is 0.839. The Morgan fingerprint density at radius 3 is 2.58 bits per heavy atom. The van der Waals surface area contributed by atoms with Gasteiger partial charge in [-0.15, -0.1) is 0 Å². The van der Waals surface area contributed by atoms with Crippen LogP contribution in [0.5, 0.6) is 5.75 Å². The minimum Gasteiger partial charge on any atom is -0.491 e. The number of ether oxygens (including phenoxy) is 1. The summed E-state index contributed by atoms with van der Waals surface area (Å²) >= 11 is 0. The van der Waals surface area contributed by atoms with Crippen molar-refractivity contribution in [2.45, 2.75) is 6.92 Å². The van der Waals surface area contributed by atoms with Crippen molar-refractivity contribution in [1.29, 1.82) is 0 Å². The minimum atomic E-state index is -0.968. The van der Waals surface area contributed by atoms with Gasteiger partial charge in [-0.1, -0.05) is 6.07 Å². The third kappa shape index (κ3) is 1.55. The highest BCUT2D eigenvalue weighted by molar-refractivity contribution is 5.32. The molecule has 0 heterocycles. The van der Waals surface area contributed by atoms with Crippen molar-refractivity contribution in [3.8, 4) is 5.75 Å². The summed E-state index contributed by atoms with van der Waals surface area (Å²) in [4.78, 5) is 0. The van der Waals surface area contributed by atoms with E-state index in [-0.39, 0.29) is 11.3 Å². The van der Waals surface area contributed by atoms with E-state index in [1.54, 1.807) is 6.92 Å². The quantitative estimate of drug-likeness (QED) is 0.664. The van der Waals surface area contributed by atoms with Gasteiger partial charge in [-0.2, -0.15) is 4.39 Å². The summed E-state index contributed by atoms with van der Waals surface area (Å²) in [6.07, 6.45) is 0. The Balaban J connectivity index is 3.08. The van der Waals surface area contributed by atoms with E-state index in [2.05, 4.69) is 6.92 Å². The van der Waals surface area contributed by atoms with Gasteiger partial charge in [0.1, 0.15) is 0 Å². The van der Waals surface area contributed by atoms with Gasteiger partial charge in [0.15, 0.2) is 11.6 Å². The Morgan fingerprint density at radius 2 is 2.00 bits per heavy atom. The lowest BCUT2D eigenvalue weighted by molar-refractivity contribution is 0.314. The summed E-state index contributed by atoms with van der Waals surface area (Å²) < 4.78 is 30.5. The van der Waals surface area contributed by atoms with E-state index in [0.29, 0.717) is 6.61 Å². The maximum Gasteiger partial charge on any atom is 0.200 e. The maximum atomic E-state index is 12.9. The van der Waals surface area contributed by atoms with Crippen LogP contribution in [-0.2, 0) is 0 Å². The molecule has 0 amide bonds. The average molecular weight is 171 g/mol. The minimum absolute atomic E-state index is 0.0379. The second-order valence-electron chi connectivity index (χ2n) is 2.28. The SMILES string of the molecule is [CH2]c1ccc(OCC)c(F)c1F. The number of hydrogen-bond donors (Lipinski definition) is 0. The predicted molar refractivity (Wildman–Crippen MR) is 42.0 cm³/mol. The number of rotatable bonds is 2. The second kappa shape index (κ2) is 3.52. The first-order chi connectivity index (χ1) is 5.66. The molecule has 0 aliphatic carbocycles. The summed E-state index contributed by atoms with van der Waals surface area (Å²) in [5, 5.41) is 0. The molecule has 0 spiro atoms. The lowest BCUT2D eigenvalue weighted by atomic mass is 10.2. The smallest absolute Gasteiger partial charge is 0.200 e. The van der Waals surface area contributed by atoms with Gasteiger partial charge < -0.3 is 4.74 Å². The molecular formula is C9H9F2O. The van der Waals surface area contributed by atoms with Gasteiger partial charge in [-0.05, 0) is 25.5 Å². The van der Waals surface area contributed by atoms with Gasteiger partial charge in [0.2, 0.25) is 5.82 Å². The lowest BCUT2D eigenvalue weighted by Crippen LogP contribution is -1.98. The highest BCUT2D eigenvalue weighted by Crippen LogP contribution is 2.21. The van der Waals surface area contributed by atoms with Crippen LogP contribution in [0.1, 0.15) is 12.5 Å².